The molecule has 0 saturated heterocycles. The van der Waals surface area contributed by atoms with E-state index in [0.717, 1.165) is 144 Å². The van der Waals surface area contributed by atoms with Gasteiger partial charge in [0, 0.05) is 105 Å². The Bertz CT molecular complexity index is 8470. The maximum atomic E-state index is 10.5. The Hall–Kier alpha value is -14.4. The summed E-state index contributed by atoms with van der Waals surface area (Å²) in [5.74, 6) is 0. The van der Waals surface area contributed by atoms with Crippen molar-refractivity contribution in [1.82, 2.24) is 18.3 Å². The van der Waals surface area contributed by atoms with Gasteiger partial charge in [-0.3, -0.25) is 0 Å². The SMILES string of the molecule is [2H]c1c([2H])c([2H])c2c(c1[2H])c1cc(-n3c4ccccc4c4ccccc43)ccc1n2-c1ccc2c(c1)N(c1c(-c3ccccc3)cc(C(C)(C)C)cc1-c1ccccc1)c1cc(-n3c4c([2H])c([2H])c([2H])c([2H])c4c4c([2H])c([2H])c([2H])c([2H])c43)cc3c1B2c1ccc(-n2c4ccc(C(C)(C)C)cc4c4cc(C(C)(C)C)ccc42)cc1N3c1c(-c2ccccc2)cc(C(C)(C)C)cc1-c1ccccc1. The van der Waals surface area contributed by atoms with Gasteiger partial charge in [-0.15, -0.1) is 0 Å². The van der Waals surface area contributed by atoms with Crippen molar-refractivity contribution < 1.29 is 16.4 Å². The van der Waals surface area contributed by atoms with Crippen LogP contribution in [0.2, 0.25) is 0 Å². The van der Waals surface area contributed by atoms with E-state index in [9.17, 15) is 16.4 Å². The standard InChI is InChI=1S/C118H97BN6/c1-115(2,3)78-53-60-105-95(63-78)96-64-79(116(4,5)6)54-61-106(96)122(105)84-56-59-99-109(71-84)125(114-93(76-39-21-15-22-40-76)67-81(118(10,11)12)68-94(114)77-41-23-16-24-42-77)111-73-85(123-102-50-32-27-45-88(102)89-46-28-33-51-103(89)123)72-110-112(111)119(99)98-58-55-83(70-108(98)124(110)113-91(74-35-17-13-18-36-74)65-80(117(7,8)9)66-92(113)75-37-19-14-20-38-75)121-104-52-34-29-47-90(104)97-69-82(57-62-107(97)121)120-100-48-30-25-43-86(100)87-44-26-31-49-101(87)120/h13-73H,1-12H3/i27D,28D,29D,32D,33D,34D,45D,46D,47D,50D,51D,52D. The zero-order valence-corrected chi connectivity index (χ0v) is 72.1. The summed E-state index contributed by atoms with van der Waals surface area (Å²) in [6, 6.07) is 100. The molecule has 125 heavy (non-hydrogen) atoms. The van der Waals surface area contributed by atoms with E-state index in [2.05, 4.69) is 345 Å². The van der Waals surface area contributed by atoms with Gasteiger partial charge in [0.2, 0.25) is 0 Å². The van der Waals surface area contributed by atoms with Crippen molar-refractivity contribution in [3.63, 3.8) is 0 Å². The summed E-state index contributed by atoms with van der Waals surface area (Å²) in [5, 5.41) is 5.12. The van der Waals surface area contributed by atoms with Crippen molar-refractivity contribution in [2.45, 2.75) is 105 Å². The van der Waals surface area contributed by atoms with Gasteiger partial charge < -0.3 is 28.1 Å². The lowest BCUT2D eigenvalue weighted by atomic mass is 9.33. The molecule has 0 spiro atoms. The van der Waals surface area contributed by atoms with Crippen LogP contribution in [0.3, 0.4) is 0 Å². The number of nitrogens with zero attached hydrogens (tertiary/aromatic N) is 6. The molecule has 0 unspecified atom stereocenters. The van der Waals surface area contributed by atoms with Crippen LogP contribution >= 0.6 is 0 Å². The number of aromatic nitrogens is 4. The Morgan fingerprint density at radius 1 is 0.224 bits per heavy atom. The van der Waals surface area contributed by atoms with Crippen LogP contribution in [0, 0.1) is 0 Å². The number of rotatable bonds is 10. The van der Waals surface area contributed by atoms with Crippen molar-refractivity contribution in [1.29, 1.82) is 0 Å². The number of hydrogen-bond acceptors (Lipinski definition) is 2. The third kappa shape index (κ3) is 12.0. The number of para-hydroxylation sites is 5. The van der Waals surface area contributed by atoms with Gasteiger partial charge in [-0.2, -0.15) is 0 Å². The third-order valence-electron chi connectivity index (χ3n) is 26.3. The van der Waals surface area contributed by atoms with E-state index in [1.54, 1.807) is 4.57 Å². The van der Waals surface area contributed by atoms with Crippen LogP contribution in [0.15, 0.2) is 370 Å². The lowest BCUT2D eigenvalue weighted by Gasteiger charge is -2.46. The number of benzene rings is 17. The smallest absolute Gasteiger partial charge is 0.252 e. The summed E-state index contributed by atoms with van der Waals surface area (Å²) in [7, 11) is 0. The summed E-state index contributed by atoms with van der Waals surface area (Å²) >= 11 is 0. The first kappa shape index (κ1) is 63.5. The third-order valence-corrected chi connectivity index (χ3v) is 26.3. The van der Waals surface area contributed by atoms with Gasteiger partial charge in [-0.25, -0.2) is 0 Å². The molecule has 17 aromatic carbocycles. The Balaban J connectivity index is 0.944. The number of hydrogen-bond donors (Lipinski definition) is 0. The number of anilines is 6. The molecule has 0 aliphatic carbocycles. The van der Waals surface area contributed by atoms with Crippen LogP contribution in [0.5, 0.6) is 0 Å². The Morgan fingerprint density at radius 3 is 0.888 bits per heavy atom. The van der Waals surface area contributed by atoms with Crippen molar-refractivity contribution in [2.75, 3.05) is 9.80 Å². The first-order valence-corrected chi connectivity index (χ1v) is 43.3. The highest BCUT2D eigenvalue weighted by Crippen LogP contribution is 2.57. The van der Waals surface area contributed by atoms with E-state index in [1.807, 2.05) is 59.2 Å². The topological polar surface area (TPSA) is 26.2 Å². The zero-order chi connectivity index (χ0) is 95.3. The average molecular weight is 1620 g/mol. The summed E-state index contributed by atoms with van der Waals surface area (Å²) in [6.45, 7) is 26.2. The van der Waals surface area contributed by atoms with Gasteiger partial charge in [0.1, 0.15) is 0 Å². The molecular formula is C118H97BN6. The molecule has 6 heterocycles. The van der Waals surface area contributed by atoms with Crippen molar-refractivity contribution >= 4 is 144 Å². The van der Waals surface area contributed by atoms with Gasteiger partial charge in [0.25, 0.3) is 6.71 Å². The summed E-state index contributed by atoms with van der Waals surface area (Å²) < 4.78 is 128. The minimum Gasteiger partial charge on any atom is -0.310 e. The molecule has 0 atom stereocenters. The average Bonchev–Trinajstić information content (AvgIpc) is 1.10. The molecule has 6 nitrogen and oxygen atoms in total. The normalized spacial score (nSPS) is 14.4. The lowest BCUT2D eigenvalue weighted by molar-refractivity contribution is 0.590. The summed E-state index contributed by atoms with van der Waals surface area (Å²) in [4.78, 5) is 4.80. The highest BCUT2D eigenvalue weighted by atomic mass is 15.2. The summed E-state index contributed by atoms with van der Waals surface area (Å²) in [5.41, 5.74) is 24.3. The van der Waals surface area contributed by atoms with E-state index >= 15 is 0 Å². The molecule has 2 aliphatic heterocycles. The molecule has 0 saturated carbocycles. The fourth-order valence-corrected chi connectivity index (χ4v) is 20.0. The molecule has 0 amide bonds. The van der Waals surface area contributed by atoms with Crippen LogP contribution < -0.4 is 26.2 Å². The Labute approximate surface area is 748 Å². The highest BCUT2D eigenvalue weighted by Gasteiger charge is 2.47. The predicted molar refractivity (Wildman–Crippen MR) is 534 cm³/mol. The Kier molecular flexibility index (Phi) is 14.3. The van der Waals surface area contributed by atoms with Crippen molar-refractivity contribution in [3.05, 3.63) is 392 Å². The van der Waals surface area contributed by atoms with Crippen LogP contribution in [0.1, 0.15) is 122 Å². The molecule has 2 aliphatic rings. The van der Waals surface area contributed by atoms with Crippen molar-refractivity contribution in [3.8, 4) is 67.3 Å². The maximum absolute atomic E-state index is 10.5. The van der Waals surface area contributed by atoms with Crippen LogP contribution in [0.25, 0.3) is 154 Å². The summed E-state index contributed by atoms with van der Waals surface area (Å²) in [6.07, 6.45) is 0. The molecule has 23 rings (SSSR count). The Morgan fingerprint density at radius 2 is 0.512 bits per heavy atom. The molecule has 0 radical (unpaired) electrons. The number of fused-ring (bicyclic) bond motifs is 16. The quantitative estimate of drug-likeness (QED) is 0.128. The van der Waals surface area contributed by atoms with E-state index in [4.69, 9.17) is 0 Å². The van der Waals surface area contributed by atoms with Crippen molar-refractivity contribution in [2.24, 2.45) is 0 Å². The first-order valence-electron chi connectivity index (χ1n) is 49.3. The molecule has 0 fully saturated rings. The highest BCUT2D eigenvalue weighted by molar-refractivity contribution is 7.00. The maximum Gasteiger partial charge on any atom is 0.252 e. The van der Waals surface area contributed by atoms with Gasteiger partial charge in [-0.05, 0) is 216 Å². The largest absolute Gasteiger partial charge is 0.310 e. The fourth-order valence-electron chi connectivity index (χ4n) is 20.0. The van der Waals surface area contributed by atoms with Gasteiger partial charge in [-0.1, -0.05) is 319 Å². The molecule has 21 aromatic rings. The monoisotopic (exact) mass is 1620 g/mol. The zero-order valence-electron chi connectivity index (χ0n) is 84.1. The van der Waals surface area contributed by atoms with Crippen LogP contribution in [-0.4, -0.2) is 25.0 Å². The first-order chi connectivity index (χ1) is 65.5. The van der Waals surface area contributed by atoms with Gasteiger partial charge in [0.05, 0.1) is 77.6 Å². The predicted octanol–water partition coefficient (Wildman–Crippen LogP) is 30.0. The minimum absolute atomic E-state index is 0.0569. The van der Waals surface area contributed by atoms with Gasteiger partial charge >= 0.3 is 0 Å². The second kappa shape index (κ2) is 28.1. The van der Waals surface area contributed by atoms with E-state index < -0.39 is 71.9 Å². The second-order valence-electron chi connectivity index (χ2n) is 38.0. The minimum atomic E-state index is -0.739. The molecule has 602 valence electrons. The van der Waals surface area contributed by atoms with Gasteiger partial charge in [0.15, 0.2) is 0 Å². The van der Waals surface area contributed by atoms with E-state index in [-0.39, 0.29) is 56.3 Å². The lowest BCUT2D eigenvalue weighted by Crippen LogP contribution is -2.61. The molecule has 0 bridgehead atoms. The fraction of sp³-hybridized carbons (Fsp3) is 0.136. The van der Waals surface area contributed by atoms with Crippen LogP contribution in [0.4, 0.5) is 34.1 Å². The molecular weight excluding hydrogens is 1510 g/mol. The second-order valence-corrected chi connectivity index (χ2v) is 38.0. The molecule has 7 heteroatoms. The van der Waals surface area contributed by atoms with E-state index in [0.29, 0.717) is 44.7 Å². The van der Waals surface area contributed by atoms with E-state index in [1.165, 1.54) is 11.1 Å². The molecule has 0 N–H and O–H groups in total. The van der Waals surface area contributed by atoms with Crippen LogP contribution in [-0.2, 0) is 21.7 Å². The molecule has 4 aromatic heterocycles.